The standard InChI is InChI=1S/C19H19F3N4O/c1-11-23-8-13(9-24-11)12-5-6-15-14(7-12)16(17(27)19(20,21)22)25-26(15)10-18(2,3)4/h5-9H,10H2,1-4H3. The molecule has 0 aliphatic heterocycles. The Bertz CT molecular complexity index is 999. The molecule has 0 fully saturated rings. The van der Waals surface area contributed by atoms with Gasteiger partial charge in [-0.1, -0.05) is 26.8 Å². The first-order valence-electron chi connectivity index (χ1n) is 8.37. The van der Waals surface area contributed by atoms with Gasteiger partial charge in [0, 0.05) is 29.9 Å². The van der Waals surface area contributed by atoms with Gasteiger partial charge in [0.1, 0.15) is 11.5 Å². The van der Waals surface area contributed by atoms with Crippen LogP contribution in [0, 0.1) is 12.3 Å². The van der Waals surface area contributed by atoms with E-state index in [-0.39, 0.29) is 10.8 Å². The molecule has 0 bridgehead atoms. The first kappa shape index (κ1) is 19.0. The van der Waals surface area contributed by atoms with Crippen molar-refractivity contribution in [3.8, 4) is 11.1 Å². The number of aromatic nitrogens is 4. The fraction of sp³-hybridized carbons (Fsp3) is 0.368. The minimum atomic E-state index is -4.99. The smallest absolute Gasteiger partial charge is 0.282 e. The van der Waals surface area contributed by atoms with Gasteiger partial charge in [0.05, 0.1) is 5.52 Å². The summed E-state index contributed by atoms with van der Waals surface area (Å²) in [6, 6.07) is 4.98. The van der Waals surface area contributed by atoms with E-state index in [4.69, 9.17) is 0 Å². The van der Waals surface area contributed by atoms with E-state index in [0.29, 0.717) is 29.0 Å². The highest BCUT2D eigenvalue weighted by atomic mass is 19.4. The second kappa shape index (κ2) is 6.44. The van der Waals surface area contributed by atoms with Crippen LogP contribution in [0.5, 0.6) is 0 Å². The molecule has 8 heteroatoms. The molecule has 0 atom stereocenters. The van der Waals surface area contributed by atoms with Gasteiger partial charge in [0.25, 0.3) is 5.78 Å². The number of carbonyl (C=O) groups excluding carboxylic acids is 1. The molecule has 5 nitrogen and oxygen atoms in total. The monoisotopic (exact) mass is 376 g/mol. The number of rotatable bonds is 3. The molecule has 0 unspecified atom stereocenters. The predicted molar refractivity (Wildman–Crippen MR) is 95.3 cm³/mol. The maximum absolute atomic E-state index is 13.1. The van der Waals surface area contributed by atoms with Gasteiger partial charge in [-0.05, 0) is 30.0 Å². The van der Waals surface area contributed by atoms with Crippen molar-refractivity contribution < 1.29 is 18.0 Å². The molecule has 0 aliphatic rings. The molecule has 0 spiro atoms. The number of alkyl halides is 3. The topological polar surface area (TPSA) is 60.7 Å². The molecule has 142 valence electrons. The van der Waals surface area contributed by atoms with E-state index < -0.39 is 17.7 Å². The Morgan fingerprint density at radius 1 is 1.07 bits per heavy atom. The van der Waals surface area contributed by atoms with Crippen molar-refractivity contribution >= 4 is 16.7 Å². The Morgan fingerprint density at radius 2 is 1.70 bits per heavy atom. The Hall–Kier alpha value is -2.77. The molecule has 0 radical (unpaired) electrons. The third-order valence-electron chi connectivity index (χ3n) is 3.96. The molecule has 0 N–H and O–H groups in total. The number of fused-ring (bicyclic) bond motifs is 1. The molecule has 3 rings (SSSR count). The molecule has 0 amide bonds. The average molecular weight is 376 g/mol. The normalized spacial score (nSPS) is 12.6. The number of hydrogen-bond acceptors (Lipinski definition) is 4. The second-order valence-corrected chi connectivity index (χ2v) is 7.64. The SMILES string of the molecule is Cc1ncc(-c2ccc3c(c2)c(C(=O)C(F)(F)F)nn3CC(C)(C)C)cn1. The van der Waals surface area contributed by atoms with Crippen LogP contribution in [0.25, 0.3) is 22.0 Å². The van der Waals surface area contributed by atoms with Crippen molar-refractivity contribution in [1.82, 2.24) is 19.7 Å². The maximum atomic E-state index is 13.1. The van der Waals surface area contributed by atoms with Gasteiger partial charge < -0.3 is 0 Å². The molecular weight excluding hydrogens is 357 g/mol. The predicted octanol–water partition coefficient (Wildman–Crippen LogP) is 4.59. The van der Waals surface area contributed by atoms with Crippen molar-refractivity contribution in [1.29, 1.82) is 0 Å². The minimum Gasteiger partial charge on any atom is -0.282 e. The fourth-order valence-corrected chi connectivity index (χ4v) is 2.77. The molecule has 0 aliphatic carbocycles. The Balaban J connectivity index is 2.20. The van der Waals surface area contributed by atoms with Crippen LogP contribution in [0.3, 0.4) is 0 Å². The summed E-state index contributed by atoms with van der Waals surface area (Å²) >= 11 is 0. The van der Waals surface area contributed by atoms with E-state index in [1.54, 1.807) is 31.5 Å². The summed E-state index contributed by atoms with van der Waals surface area (Å²) in [6.45, 7) is 7.96. The number of ketones is 1. The van der Waals surface area contributed by atoms with E-state index in [0.717, 1.165) is 0 Å². The van der Waals surface area contributed by atoms with Crippen LogP contribution in [0.15, 0.2) is 30.6 Å². The first-order chi connectivity index (χ1) is 12.5. The first-order valence-corrected chi connectivity index (χ1v) is 8.37. The van der Waals surface area contributed by atoms with E-state index in [9.17, 15) is 18.0 Å². The molecular formula is C19H19F3N4O. The molecule has 0 saturated carbocycles. The highest BCUT2D eigenvalue weighted by Crippen LogP contribution is 2.31. The maximum Gasteiger partial charge on any atom is 0.456 e. The third kappa shape index (κ3) is 3.99. The third-order valence-corrected chi connectivity index (χ3v) is 3.96. The Morgan fingerprint density at radius 3 is 2.26 bits per heavy atom. The van der Waals surface area contributed by atoms with Gasteiger partial charge in [0.15, 0.2) is 0 Å². The van der Waals surface area contributed by atoms with Crippen molar-refractivity contribution in [2.45, 2.75) is 40.4 Å². The summed E-state index contributed by atoms with van der Waals surface area (Å²) < 4.78 is 40.6. The molecule has 3 aromatic rings. The molecule has 2 aromatic heterocycles. The Labute approximate surface area is 154 Å². The van der Waals surface area contributed by atoms with Gasteiger partial charge in [0.2, 0.25) is 0 Å². The van der Waals surface area contributed by atoms with Crippen LogP contribution < -0.4 is 0 Å². The number of aryl methyl sites for hydroxylation is 1. The molecule has 0 saturated heterocycles. The number of hydrogen-bond donors (Lipinski definition) is 0. The largest absolute Gasteiger partial charge is 0.456 e. The second-order valence-electron chi connectivity index (χ2n) is 7.64. The summed E-state index contributed by atoms with van der Waals surface area (Å²) in [5.74, 6) is -1.36. The van der Waals surface area contributed by atoms with Crippen molar-refractivity contribution in [2.75, 3.05) is 0 Å². The molecule has 1 aromatic carbocycles. The van der Waals surface area contributed by atoms with E-state index in [1.807, 2.05) is 20.8 Å². The lowest BCUT2D eigenvalue weighted by Gasteiger charge is -2.18. The van der Waals surface area contributed by atoms with Crippen LogP contribution in [0.2, 0.25) is 0 Å². The highest BCUT2D eigenvalue weighted by Gasteiger charge is 2.42. The molecule has 2 heterocycles. The van der Waals surface area contributed by atoms with E-state index in [2.05, 4.69) is 15.1 Å². The van der Waals surface area contributed by atoms with Crippen molar-refractivity contribution in [3.05, 3.63) is 42.1 Å². The van der Waals surface area contributed by atoms with Crippen molar-refractivity contribution in [3.63, 3.8) is 0 Å². The van der Waals surface area contributed by atoms with Gasteiger partial charge >= 0.3 is 6.18 Å². The van der Waals surface area contributed by atoms with Crippen LogP contribution in [0.4, 0.5) is 13.2 Å². The highest BCUT2D eigenvalue weighted by molar-refractivity contribution is 6.09. The van der Waals surface area contributed by atoms with Crippen molar-refractivity contribution in [2.24, 2.45) is 5.41 Å². The zero-order chi connectivity index (χ0) is 20.0. The summed E-state index contributed by atoms with van der Waals surface area (Å²) in [5, 5.41) is 4.17. The lowest BCUT2D eigenvalue weighted by molar-refractivity contribution is -0.0887. The van der Waals surface area contributed by atoms with Gasteiger partial charge in [-0.25, -0.2) is 9.97 Å². The summed E-state index contributed by atoms with van der Waals surface area (Å²) in [6.07, 6.45) is -1.81. The zero-order valence-corrected chi connectivity index (χ0v) is 15.4. The number of carbonyl (C=O) groups is 1. The molecule has 27 heavy (non-hydrogen) atoms. The summed E-state index contributed by atoms with van der Waals surface area (Å²) in [5.41, 5.74) is 0.942. The van der Waals surface area contributed by atoms with E-state index in [1.165, 1.54) is 10.7 Å². The van der Waals surface area contributed by atoms with Gasteiger partial charge in [-0.3, -0.25) is 9.48 Å². The fourth-order valence-electron chi connectivity index (χ4n) is 2.77. The quantitative estimate of drug-likeness (QED) is 0.627. The van der Waals surface area contributed by atoms with Crippen LogP contribution in [0.1, 0.15) is 37.1 Å². The van der Waals surface area contributed by atoms with E-state index >= 15 is 0 Å². The van der Waals surface area contributed by atoms with Gasteiger partial charge in [-0.15, -0.1) is 0 Å². The average Bonchev–Trinajstić information content (AvgIpc) is 2.90. The number of nitrogens with zero attached hydrogens (tertiary/aromatic N) is 4. The van der Waals surface area contributed by atoms with Gasteiger partial charge in [-0.2, -0.15) is 18.3 Å². The lowest BCUT2D eigenvalue weighted by atomic mass is 9.97. The summed E-state index contributed by atoms with van der Waals surface area (Å²) in [4.78, 5) is 20.1. The summed E-state index contributed by atoms with van der Waals surface area (Å²) in [7, 11) is 0. The zero-order valence-electron chi connectivity index (χ0n) is 15.4. The van der Waals surface area contributed by atoms with Crippen LogP contribution >= 0.6 is 0 Å². The number of halogens is 3. The number of benzene rings is 1. The lowest BCUT2D eigenvalue weighted by Crippen LogP contribution is -2.24. The van der Waals surface area contributed by atoms with Crippen LogP contribution in [-0.4, -0.2) is 31.7 Å². The van der Waals surface area contributed by atoms with Crippen LogP contribution in [-0.2, 0) is 6.54 Å². The Kier molecular flexibility index (Phi) is 4.53. The minimum absolute atomic E-state index is 0.166. The number of Topliss-reactive ketones (excluding diaryl/α,β-unsaturated/α-hetero) is 1.